The lowest BCUT2D eigenvalue weighted by atomic mass is 10.1. The first-order valence-electron chi connectivity index (χ1n) is 7.51. The number of nitro groups is 1. The number of furan rings is 1. The Morgan fingerprint density at radius 1 is 1.08 bits per heavy atom. The average molecular weight is 361 g/mol. The Bertz CT molecular complexity index is 894. The molecular formula is C18H14ClFN2O3. The molecule has 0 aliphatic rings. The van der Waals surface area contributed by atoms with E-state index in [0.29, 0.717) is 35.2 Å². The van der Waals surface area contributed by atoms with Crippen LogP contribution in [0.25, 0.3) is 11.3 Å². The summed E-state index contributed by atoms with van der Waals surface area (Å²) in [5.74, 6) is 0.771. The molecule has 128 valence electrons. The predicted molar refractivity (Wildman–Crippen MR) is 92.8 cm³/mol. The third kappa shape index (κ3) is 4.23. The molecule has 7 heteroatoms. The van der Waals surface area contributed by atoms with E-state index in [2.05, 4.69) is 5.32 Å². The van der Waals surface area contributed by atoms with Gasteiger partial charge in [-0.2, -0.15) is 0 Å². The van der Waals surface area contributed by atoms with Gasteiger partial charge in [-0.1, -0.05) is 23.7 Å². The highest BCUT2D eigenvalue weighted by Gasteiger charge is 2.18. The first-order valence-corrected chi connectivity index (χ1v) is 7.89. The molecule has 0 saturated carbocycles. The summed E-state index contributed by atoms with van der Waals surface area (Å²) in [5.41, 5.74) is 1.22. The van der Waals surface area contributed by atoms with Crippen molar-refractivity contribution in [2.75, 3.05) is 0 Å². The van der Waals surface area contributed by atoms with Crippen molar-refractivity contribution in [3.05, 3.63) is 86.9 Å². The minimum absolute atomic E-state index is 0.104. The Labute approximate surface area is 148 Å². The van der Waals surface area contributed by atoms with Crippen LogP contribution in [0.1, 0.15) is 11.3 Å². The minimum Gasteiger partial charge on any atom is -0.459 e. The minimum atomic E-state index is -0.490. The zero-order valence-corrected chi connectivity index (χ0v) is 13.8. The second-order valence-electron chi connectivity index (χ2n) is 5.41. The first-order chi connectivity index (χ1) is 12.0. The fourth-order valence-corrected chi connectivity index (χ4v) is 2.58. The number of halogens is 2. The van der Waals surface area contributed by atoms with Crippen molar-refractivity contribution in [2.24, 2.45) is 0 Å². The molecule has 0 saturated heterocycles. The molecule has 0 bridgehead atoms. The van der Waals surface area contributed by atoms with E-state index in [1.165, 1.54) is 18.2 Å². The highest BCUT2D eigenvalue weighted by molar-refractivity contribution is 6.30. The molecule has 25 heavy (non-hydrogen) atoms. The summed E-state index contributed by atoms with van der Waals surface area (Å²) in [6.45, 7) is 0.996. The maximum Gasteiger partial charge on any atom is 0.281 e. The topological polar surface area (TPSA) is 68.3 Å². The van der Waals surface area contributed by atoms with Gasteiger partial charge in [-0.05, 0) is 42.0 Å². The van der Waals surface area contributed by atoms with Gasteiger partial charge in [-0.15, -0.1) is 0 Å². The summed E-state index contributed by atoms with van der Waals surface area (Å²) in [7, 11) is 0. The quantitative estimate of drug-likeness (QED) is 0.499. The molecule has 3 rings (SSSR count). The second-order valence-corrected chi connectivity index (χ2v) is 5.85. The molecule has 0 aliphatic carbocycles. The molecule has 0 aliphatic heterocycles. The number of rotatable bonds is 6. The number of nitrogens with one attached hydrogen (secondary N) is 1. The van der Waals surface area contributed by atoms with Crippen molar-refractivity contribution in [3.8, 4) is 11.3 Å². The summed E-state index contributed by atoms with van der Waals surface area (Å²) >= 11 is 5.82. The van der Waals surface area contributed by atoms with Crippen LogP contribution < -0.4 is 5.32 Å². The SMILES string of the molecule is O=[N+]([O-])c1cc(Cl)ccc1-c1ccc(CNCc2ccc(F)cc2)o1. The fourth-order valence-electron chi connectivity index (χ4n) is 2.41. The molecule has 0 fully saturated rings. The van der Waals surface area contributed by atoms with Gasteiger partial charge in [0.25, 0.3) is 5.69 Å². The lowest BCUT2D eigenvalue weighted by Crippen LogP contribution is -2.11. The van der Waals surface area contributed by atoms with Crippen molar-refractivity contribution in [3.63, 3.8) is 0 Å². The third-order valence-corrected chi connectivity index (χ3v) is 3.86. The fraction of sp³-hybridized carbons (Fsp3) is 0.111. The van der Waals surface area contributed by atoms with Crippen LogP contribution in [-0.2, 0) is 13.1 Å². The summed E-state index contributed by atoms with van der Waals surface area (Å²) in [6, 6.07) is 14.1. The van der Waals surface area contributed by atoms with E-state index in [1.54, 1.807) is 36.4 Å². The lowest BCUT2D eigenvalue weighted by Gasteiger charge is -2.03. The van der Waals surface area contributed by atoms with E-state index in [9.17, 15) is 14.5 Å². The van der Waals surface area contributed by atoms with Gasteiger partial charge in [0.05, 0.1) is 17.0 Å². The van der Waals surface area contributed by atoms with Crippen LogP contribution in [0, 0.1) is 15.9 Å². The molecule has 3 aromatic rings. The number of nitro benzene ring substituents is 1. The highest BCUT2D eigenvalue weighted by atomic mass is 35.5. The van der Waals surface area contributed by atoms with Gasteiger partial charge in [0, 0.05) is 17.6 Å². The lowest BCUT2D eigenvalue weighted by molar-refractivity contribution is -0.384. The molecule has 2 aromatic carbocycles. The van der Waals surface area contributed by atoms with Crippen LogP contribution in [0.4, 0.5) is 10.1 Å². The predicted octanol–water partition coefficient (Wildman–Crippen LogP) is 4.94. The van der Waals surface area contributed by atoms with E-state index in [0.717, 1.165) is 5.56 Å². The molecule has 0 atom stereocenters. The van der Waals surface area contributed by atoms with E-state index >= 15 is 0 Å². The van der Waals surface area contributed by atoms with E-state index in [1.807, 2.05) is 0 Å². The normalized spacial score (nSPS) is 10.8. The molecule has 0 amide bonds. The zero-order valence-electron chi connectivity index (χ0n) is 13.0. The molecule has 0 spiro atoms. The van der Waals surface area contributed by atoms with Crippen molar-refractivity contribution in [1.29, 1.82) is 0 Å². The van der Waals surface area contributed by atoms with Crippen molar-refractivity contribution >= 4 is 17.3 Å². The number of hydrogen-bond donors (Lipinski definition) is 1. The van der Waals surface area contributed by atoms with Crippen molar-refractivity contribution < 1.29 is 13.7 Å². The van der Waals surface area contributed by atoms with Crippen LogP contribution in [0.3, 0.4) is 0 Å². The monoisotopic (exact) mass is 360 g/mol. The Morgan fingerprint density at radius 3 is 2.56 bits per heavy atom. The highest BCUT2D eigenvalue weighted by Crippen LogP contribution is 2.33. The maximum atomic E-state index is 12.9. The van der Waals surface area contributed by atoms with E-state index in [4.69, 9.17) is 16.0 Å². The van der Waals surface area contributed by atoms with Crippen LogP contribution in [0.5, 0.6) is 0 Å². The Balaban J connectivity index is 1.68. The molecule has 1 heterocycles. The number of benzene rings is 2. The first kappa shape index (κ1) is 17.1. The summed E-state index contributed by atoms with van der Waals surface area (Å²) < 4.78 is 18.5. The van der Waals surface area contributed by atoms with Crippen LogP contribution >= 0.6 is 11.6 Å². The molecule has 1 N–H and O–H groups in total. The Kier molecular flexibility index (Phi) is 5.11. The third-order valence-electron chi connectivity index (χ3n) is 3.63. The molecule has 0 unspecified atom stereocenters. The van der Waals surface area contributed by atoms with Gasteiger partial charge in [-0.3, -0.25) is 10.1 Å². The van der Waals surface area contributed by atoms with Gasteiger partial charge in [0.15, 0.2) is 0 Å². The Morgan fingerprint density at radius 2 is 1.84 bits per heavy atom. The maximum absolute atomic E-state index is 12.9. The smallest absolute Gasteiger partial charge is 0.281 e. The molecule has 1 aromatic heterocycles. The standard InChI is InChI=1S/C18H14ClFN2O3/c19-13-3-7-16(17(9-13)22(23)24)18-8-6-15(25-18)11-21-10-12-1-4-14(20)5-2-12/h1-9,21H,10-11H2. The summed E-state index contributed by atoms with van der Waals surface area (Å²) in [4.78, 5) is 10.7. The van der Waals surface area contributed by atoms with Crippen molar-refractivity contribution in [2.45, 2.75) is 13.1 Å². The van der Waals surface area contributed by atoms with Gasteiger partial charge in [-0.25, -0.2) is 4.39 Å². The molecule has 5 nitrogen and oxygen atoms in total. The van der Waals surface area contributed by atoms with E-state index < -0.39 is 4.92 Å². The number of nitrogens with zero attached hydrogens (tertiary/aromatic N) is 1. The van der Waals surface area contributed by atoms with Crippen LogP contribution in [-0.4, -0.2) is 4.92 Å². The van der Waals surface area contributed by atoms with Crippen LogP contribution in [0.2, 0.25) is 5.02 Å². The number of hydrogen-bond acceptors (Lipinski definition) is 4. The molecular weight excluding hydrogens is 347 g/mol. The van der Waals surface area contributed by atoms with Crippen LogP contribution in [0.15, 0.2) is 59.0 Å². The Hall–Kier alpha value is -2.70. The molecule has 0 radical (unpaired) electrons. The summed E-state index contributed by atoms with van der Waals surface area (Å²) in [6.07, 6.45) is 0. The van der Waals surface area contributed by atoms with Gasteiger partial charge < -0.3 is 9.73 Å². The largest absolute Gasteiger partial charge is 0.459 e. The second kappa shape index (κ2) is 7.46. The van der Waals surface area contributed by atoms with Gasteiger partial charge in [0.2, 0.25) is 0 Å². The van der Waals surface area contributed by atoms with Crippen molar-refractivity contribution in [1.82, 2.24) is 5.32 Å². The van der Waals surface area contributed by atoms with Gasteiger partial charge in [0.1, 0.15) is 17.3 Å². The van der Waals surface area contributed by atoms with E-state index in [-0.39, 0.29) is 11.5 Å². The summed E-state index contributed by atoms with van der Waals surface area (Å²) in [5, 5.41) is 14.6. The van der Waals surface area contributed by atoms with Gasteiger partial charge >= 0.3 is 0 Å². The average Bonchev–Trinajstić information content (AvgIpc) is 3.05. The zero-order chi connectivity index (χ0) is 17.8.